The summed E-state index contributed by atoms with van der Waals surface area (Å²) in [6.45, 7) is 1.82. The third-order valence-electron chi connectivity index (χ3n) is 1.92. The lowest BCUT2D eigenvalue weighted by Gasteiger charge is -2.00. The van der Waals surface area contributed by atoms with E-state index < -0.39 is 0 Å². The fraction of sp³-hybridized carbons (Fsp3) is 0.222. The fourth-order valence-corrected chi connectivity index (χ4v) is 1.12. The molecule has 2 rings (SSSR count). The van der Waals surface area contributed by atoms with Gasteiger partial charge < -0.3 is 0 Å². The van der Waals surface area contributed by atoms with Crippen LogP contribution in [0.3, 0.4) is 0 Å². The molecule has 2 heterocycles. The Labute approximate surface area is 75.5 Å². The molecule has 0 aromatic carbocycles. The van der Waals surface area contributed by atoms with Crippen LogP contribution in [0.1, 0.15) is 18.5 Å². The first-order chi connectivity index (χ1) is 6.31. The number of hydrogen-bond donors (Lipinski definition) is 0. The molecule has 4 heteroatoms. The van der Waals surface area contributed by atoms with Gasteiger partial charge in [0.25, 0.3) is 0 Å². The molecule has 0 N–H and O–H groups in total. The van der Waals surface area contributed by atoms with Crippen LogP contribution in [0.2, 0.25) is 0 Å². The van der Waals surface area contributed by atoms with E-state index in [0.29, 0.717) is 5.78 Å². The maximum atomic E-state index is 8.69. The van der Waals surface area contributed by atoms with Crippen molar-refractivity contribution < 1.29 is 0 Å². The van der Waals surface area contributed by atoms with Gasteiger partial charge in [-0.05, 0) is 13.0 Å². The second-order valence-corrected chi connectivity index (χ2v) is 2.84. The van der Waals surface area contributed by atoms with Gasteiger partial charge >= 0.3 is 0 Å². The highest BCUT2D eigenvalue weighted by Crippen LogP contribution is 2.11. The molecule has 0 saturated carbocycles. The number of hydrogen-bond acceptors (Lipinski definition) is 3. The van der Waals surface area contributed by atoms with Gasteiger partial charge in [-0.2, -0.15) is 5.26 Å². The average Bonchev–Trinajstić information content (AvgIpc) is 2.63. The Kier molecular flexibility index (Phi) is 1.71. The van der Waals surface area contributed by atoms with Gasteiger partial charge in [0.2, 0.25) is 5.78 Å². The number of aromatic nitrogens is 3. The minimum atomic E-state index is -0.179. The first kappa shape index (κ1) is 7.74. The lowest BCUT2D eigenvalue weighted by Crippen LogP contribution is -1.97. The number of nitriles is 1. The molecule has 0 bridgehead atoms. The molecular formula is C9H8N4. The van der Waals surface area contributed by atoms with E-state index in [1.165, 1.54) is 0 Å². The van der Waals surface area contributed by atoms with Gasteiger partial charge in [0.1, 0.15) is 0 Å². The van der Waals surface area contributed by atoms with Gasteiger partial charge in [-0.25, -0.2) is 9.97 Å². The highest BCUT2D eigenvalue weighted by atomic mass is 15.1. The summed E-state index contributed by atoms with van der Waals surface area (Å²) in [5.74, 6) is 0.460. The standard InChI is InChI=1S/C9H8N4/c1-7(6-10)8-2-4-13-5-3-11-9(13)12-8/h2-5,7H,1H3. The van der Waals surface area contributed by atoms with E-state index in [9.17, 15) is 0 Å². The zero-order valence-electron chi connectivity index (χ0n) is 7.18. The van der Waals surface area contributed by atoms with Crippen molar-refractivity contribution in [3.05, 3.63) is 30.4 Å². The summed E-state index contributed by atoms with van der Waals surface area (Å²) >= 11 is 0. The fourth-order valence-electron chi connectivity index (χ4n) is 1.12. The summed E-state index contributed by atoms with van der Waals surface area (Å²) in [6, 6.07) is 3.97. The summed E-state index contributed by atoms with van der Waals surface area (Å²) in [5, 5.41) is 8.69. The van der Waals surface area contributed by atoms with Crippen LogP contribution in [0.4, 0.5) is 0 Å². The number of rotatable bonds is 1. The second kappa shape index (κ2) is 2.87. The first-order valence-electron chi connectivity index (χ1n) is 4.00. The quantitative estimate of drug-likeness (QED) is 0.652. The molecule has 0 amide bonds. The zero-order valence-corrected chi connectivity index (χ0v) is 7.18. The van der Waals surface area contributed by atoms with Crippen LogP contribution in [-0.4, -0.2) is 14.4 Å². The molecule has 64 valence electrons. The highest BCUT2D eigenvalue weighted by Gasteiger charge is 2.05. The summed E-state index contributed by atoms with van der Waals surface area (Å²) in [5.41, 5.74) is 0.765. The molecule has 0 aliphatic rings. The monoisotopic (exact) mass is 172 g/mol. The Balaban J connectivity index is 2.55. The zero-order chi connectivity index (χ0) is 9.26. The third kappa shape index (κ3) is 1.25. The third-order valence-corrected chi connectivity index (χ3v) is 1.92. The van der Waals surface area contributed by atoms with Crippen LogP contribution < -0.4 is 0 Å². The minimum Gasteiger partial charge on any atom is -0.291 e. The van der Waals surface area contributed by atoms with Gasteiger partial charge in [-0.1, -0.05) is 0 Å². The molecule has 0 saturated heterocycles. The smallest absolute Gasteiger partial charge is 0.233 e. The second-order valence-electron chi connectivity index (χ2n) is 2.84. The number of fused-ring (bicyclic) bond motifs is 1. The van der Waals surface area contributed by atoms with Crippen molar-refractivity contribution in [2.45, 2.75) is 12.8 Å². The average molecular weight is 172 g/mol. The highest BCUT2D eigenvalue weighted by molar-refractivity contribution is 5.30. The van der Waals surface area contributed by atoms with E-state index in [2.05, 4.69) is 16.0 Å². The lowest BCUT2D eigenvalue weighted by molar-refractivity contribution is 0.905. The van der Waals surface area contributed by atoms with E-state index in [4.69, 9.17) is 5.26 Å². The summed E-state index contributed by atoms with van der Waals surface area (Å²) in [6.07, 6.45) is 5.37. The molecule has 0 aliphatic heterocycles. The minimum absolute atomic E-state index is 0.179. The van der Waals surface area contributed by atoms with Gasteiger partial charge in [0, 0.05) is 18.6 Å². The van der Waals surface area contributed by atoms with Crippen molar-refractivity contribution in [1.29, 1.82) is 5.26 Å². The Hall–Kier alpha value is -1.89. The maximum Gasteiger partial charge on any atom is 0.233 e. The van der Waals surface area contributed by atoms with Crippen molar-refractivity contribution in [1.82, 2.24) is 14.4 Å². The van der Waals surface area contributed by atoms with E-state index in [1.54, 1.807) is 6.20 Å². The van der Waals surface area contributed by atoms with E-state index in [-0.39, 0.29) is 5.92 Å². The number of nitrogens with zero attached hydrogens (tertiary/aromatic N) is 4. The Morgan fingerprint density at radius 3 is 3.15 bits per heavy atom. The Morgan fingerprint density at radius 2 is 2.38 bits per heavy atom. The van der Waals surface area contributed by atoms with Crippen LogP contribution in [0.15, 0.2) is 24.7 Å². The molecule has 4 nitrogen and oxygen atoms in total. The topological polar surface area (TPSA) is 54.0 Å². The van der Waals surface area contributed by atoms with E-state index in [0.717, 1.165) is 5.69 Å². The van der Waals surface area contributed by atoms with Crippen molar-refractivity contribution in [2.24, 2.45) is 0 Å². The Morgan fingerprint density at radius 1 is 1.54 bits per heavy atom. The van der Waals surface area contributed by atoms with Crippen LogP contribution in [0.25, 0.3) is 5.78 Å². The van der Waals surface area contributed by atoms with Crippen molar-refractivity contribution in [3.8, 4) is 6.07 Å². The molecule has 0 aliphatic carbocycles. The lowest BCUT2D eigenvalue weighted by atomic mass is 10.1. The van der Waals surface area contributed by atoms with Gasteiger partial charge in [0.05, 0.1) is 17.7 Å². The summed E-state index contributed by atoms with van der Waals surface area (Å²) in [7, 11) is 0. The predicted molar refractivity (Wildman–Crippen MR) is 47.0 cm³/mol. The van der Waals surface area contributed by atoms with Crippen molar-refractivity contribution in [2.75, 3.05) is 0 Å². The molecule has 2 aromatic heterocycles. The molecule has 1 unspecified atom stereocenters. The van der Waals surface area contributed by atoms with Crippen LogP contribution >= 0.6 is 0 Å². The number of imidazole rings is 1. The van der Waals surface area contributed by atoms with E-state index >= 15 is 0 Å². The van der Waals surface area contributed by atoms with Crippen molar-refractivity contribution >= 4 is 5.78 Å². The van der Waals surface area contributed by atoms with Gasteiger partial charge in [-0.3, -0.25) is 4.40 Å². The SMILES string of the molecule is CC(C#N)c1ccn2ccnc2n1. The molecule has 0 radical (unpaired) electrons. The first-order valence-corrected chi connectivity index (χ1v) is 4.00. The predicted octanol–water partition coefficient (Wildman–Crippen LogP) is 1.36. The van der Waals surface area contributed by atoms with Crippen molar-refractivity contribution in [3.63, 3.8) is 0 Å². The van der Waals surface area contributed by atoms with Crippen LogP contribution in [0, 0.1) is 11.3 Å². The van der Waals surface area contributed by atoms with Crippen LogP contribution in [-0.2, 0) is 0 Å². The molecule has 1 atom stereocenters. The summed E-state index contributed by atoms with van der Waals surface area (Å²) < 4.78 is 1.81. The largest absolute Gasteiger partial charge is 0.291 e. The molecule has 0 fully saturated rings. The van der Waals surface area contributed by atoms with Gasteiger partial charge in [-0.15, -0.1) is 0 Å². The molecule has 2 aromatic rings. The molecule has 13 heavy (non-hydrogen) atoms. The Bertz CT molecular complexity index is 466. The van der Waals surface area contributed by atoms with E-state index in [1.807, 2.05) is 29.8 Å². The van der Waals surface area contributed by atoms with Gasteiger partial charge in [0.15, 0.2) is 0 Å². The maximum absolute atomic E-state index is 8.69. The molecular weight excluding hydrogens is 164 g/mol. The van der Waals surface area contributed by atoms with Crippen LogP contribution in [0.5, 0.6) is 0 Å². The summed E-state index contributed by atoms with van der Waals surface area (Å²) in [4.78, 5) is 8.27. The normalized spacial score (nSPS) is 12.6. The molecule has 0 spiro atoms.